The van der Waals surface area contributed by atoms with Gasteiger partial charge in [0.1, 0.15) is 34.4 Å². The van der Waals surface area contributed by atoms with Crippen LogP contribution in [0, 0.1) is 18.6 Å². The summed E-state index contributed by atoms with van der Waals surface area (Å²) in [6, 6.07) is 3.90. The monoisotopic (exact) mass is 478 g/mol. The number of hydrogen-bond acceptors (Lipinski definition) is 7. The molecule has 180 valence electrons. The van der Waals surface area contributed by atoms with Gasteiger partial charge in [-0.05, 0) is 44.7 Å². The lowest BCUT2D eigenvalue weighted by Crippen LogP contribution is -2.20. The number of halogens is 2. The molecule has 2 aliphatic rings. The van der Waals surface area contributed by atoms with Crippen molar-refractivity contribution in [3.8, 4) is 17.1 Å². The van der Waals surface area contributed by atoms with E-state index < -0.39 is 11.6 Å². The van der Waals surface area contributed by atoms with Gasteiger partial charge in [0.05, 0.1) is 25.5 Å². The number of methoxy groups -OCH3 is 1. The lowest BCUT2D eigenvalue weighted by Gasteiger charge is -2.28. The summed E-state index contributed by atoms with van der Waals surface area (Å²) in [5.41, 5.74) is 2.64. The second-order valence-corrected chi connectivity index (χ2v) is 9.11. The predicted octanol–water partition coefficient (Wildman–Crippen LogP) is 4.85. The van der Waals surface area contributed by atoms with Crippen LogP contribution in [-0.2, 0) is 4.74 Å². The van der Waals surface area contributed by atoms with Crippen LogP contribution >= 0.6 is 0 Å². The highest BCUT2D eigenvalue weighted by molar-refractivity contribution is 5.87. The van der Waals surface area contributed by atoms with Gasteiger partial charge in [0.15, 0.2) is 5.65 Å². The standard InChI is InChI=1S/C25H24F2N6O2/c1-13-25(34-2)31-22-21(18-6-3-16(26)10-19(18)27)30-23(32-24(22)29-13)14-7-8-35-20(9-14)15-11-28-33(12-15)17-4-5-17/h3,6,10-12,14,17,20H,4-5,7-9H2,1-2H3/t14-,20+/m1/s1. The first-order valence-electron chi connectivity index (χ1n) is 11.7. The highest BCUT2D eigenvalue weighted by Crippen LogP contribution is 2.40. The van der Waals surface area contributed by atoms with Crippen LogP contribution in [0.2, 0.25) is 0 Å². The summed E-state index contributed by atoms with van der Waals surface area (Å²) in [7, 11) is 1.49. The Kier molecular flexibility index (Phi) is 5.40. The molecule has 2 atom stereocenters. The molecule has 10 heteroatoms. The van der Waals surface area contributed by atoms with Crippen LogP contribution < -0.4 is 4.74 Å². The number of aromatic nitrogens is 6. The van der Waals surface area contributed by atoms with Crippen LogP contribution in [0.15, 0.2) is 30.6 Å². The third kappa shape index (κ3) is 4.12. The first kappa shape index (κ1) is 22.0. The molecule has 1 aliphatic carbocycles. The van der Waals surface area contributed by atoms with Crippen molar-refractivity contribution in [2.24, 2.45) is 0 Å². The average molecular weight is 479 g/mol. The summed E-state index contributed by atoms with van der Waals surface area (Å²) in [5.74, 6) is -0.582. The van der Waals surface area contributed by atoms with Crippen LogP contribution in [0.1, 0.15) is 60.8 Å². The molecule has 8 nitrogen and oxygen atoms in total. The molecule has 0 spiro atoms. The molecule has 1 aromatic carbocycles. The quantitative estimate of drug-likeness (QED) is 0.405. The fourth-order valence-corrected chi connectivity index (χ4v) is 4.60. The normalized spacial score (nSPS) is 20.3. The van der Waals surface area contributed by atoms with Crippen LogP contribution in [0.3, 0.4) is 0 Å². The van der Waals surface area contributed by atoms with Gasteiger partial charge in [-0.2, -0.15) is 5.10 Å². The molecule has 0 amide bonds. The molecule has 35 heavy (non-hydrogen) atoms. The van der Waals surface area contributed by atoms with Gasteiger partial charge in [0.25, 0.3) is 0 Å². The molecule has 1 saturated heterocycles. The minimum absolute atomic E-state index is 0.0334. The van der Waals surface area contributed by atoms with Crippen molar-refractivity contribution in [3.63, 3.8) is 0 Å². The molecule has 1 saturated carbocycles. The van der Waals surface area contributed by atoms with E-state index in [9.17, 15) is 8.78 Å². The van der Waals surface area contributed by atoms with Crippen LogP contribution in [0.25, 0.3) is 22.4 Å². The molecule has 0 bridgehead atoms. The first-order chi connectivity index (χ1) is 17.0. The summed E-state index contributed by atoms with van der Waals surface area (Å²) in [5, 5.41) is 4.49. The van der Waals surface area contributed by atoms with Gasteiger partial charge >= 0.3 is 0 Å². The van der Waals surface area contributed by atoms with Crippen molar-refractivity contribution in [2.75, 3.05) is 13.7 Å². The van der Waals surface area contributed by atoms with E-state index >= 15 is 0 Å². The number of benzene rings is 1. The maximum absolute atomic E-state index is 14.8. The molecular weight excluding hydrogens is 454 g/mol. The Balaban J connectivity index is 1.42. The Labute approximate surface area is 200 Å². The van der Waals surface area contributed by atoms with E-state index in [4.69, 9.17) is 19.4 Å². The van der Waals surface area contributed by atoms with E-state index in [2.05, 4.69) is 21.3 Å². The Bertz CT molecular complexity index is 1420. The highest BCUT2D eigenvalue weighted by atomic mass is 19.1. The fourth-order valence-electron chi connectivity index (χ4n) is 4.60. The van der Waals surface area contributed by atoms with Gasteiger partial charge in [0.2, 0.25) is 5.88 Å². The highest BCUT2D eigenvalue weighted by Gasteiger charge is 2.31. The van der Waals surface area contributed by atoms with Crippen molar-refractivity contribution in [3.05, 3.63) is 59.3 Å². The number of aryl methyl sites for hydroxylation is 1. The van der Waals surface area contributed by atoms with E-state index in [1.54, 1.807) is 6.92 Å². The van der Waals surface area contributed by atoms with Crippen molar-refractivity contribution in [2.45, 2.75) is 50.7 Å². The molecule has 4 heterocycles. The van der Waals surface area contributed by atoms with Crippen LogP contribution in [-0.4, -0.2) is 43.4 Å². The molecule has 4 aromatic rings. The number of hydrogen-bond donors (Lipinski definition) is 0. The van der Waals surface area contributed by atoms with E-state index in [1.807, 2.05) is 10.9 Å². The lowest BCUT2D eigenvalue weighted by atomic mass is 9.92. The summed E-state index contributed by atoms with van der Waals surface area (Å²) >= 11 is 0. The van der Waals surface area contributed by atoms with Crippen molar-refractivity contribution >= 4 is 11.2 Å². The van der Waals surface area contributed by atoms with Gasteiger partial charge in [-0.15, -0.1) is 0 Å². The largest absolute Gasteiger partial charge is 0.480 e. The van der Waals surface area contributed by atoms with Crippen LogP contribution in [0.4, 0.5) is 8.78 Å². The topological polar surface area (TPSA) is 87.8 Å². The first-order valence-corrected chi connectivity index (χ1v) is 11.7. The second-order valence-electron chi connectivity index (χ2n) is 9.11. The molecule has 0 unspecified atom stereocenters. The molecule has 0 N–H and O–H groups in total. The maximum Gasteiger partial charge on any atom is 0.235 e. The lowest BCUT2D eigenvalue weighted by molar-refractivity contribution is 0.00396. The Hall–Kier alpha value is -3.53. The van der Waals surface area contributed by atoms with Gasteiger partial charge in [0, 0.05) is 35.9 Å². The molecule has 0 radical (unpaired) electrons. The van der Waals surface area contributed by atoms with E-state index in [0.29, 0.717) is 54.1 Å². The summed E-state index contributed by atoms with van der Waals surface area (Å²) < 4.78 is 41.9. The number of rotatable bonds is 5. The summed E-state index contributed by atoms with van der Waals surface area (Å²) in [6.07, 6.45) is 7.50. The second kappa shape index (κ2) is 8.60. The fraction of sp³-hybridized carbons (Fsp3) is 0.400. The predicted molar refractivity (Wildman–Crippen MR) is 123 cm³/mol. The van der Waals surface area contributed by atoms with Crippen molar-refractivity contribution < 1.29 is 18.3 Å². The minimum Gasteiger partial charge on any atom is -0.480 e. The molecule has 6 rings (SSSR count). The Morgan fingerprint density at radius 1 is 1.09 bits per heavy atom. The van der Waals surface area contributed by atoms with E-state index in [1.165, 1.54) is 19.2 Å². The maximum atomic E-state index is 14.8. The SMILES string of the molecule is COc1nc2c(-c3ccc(F)cc3F)nc([C@@H]3CCO[C@H](c4cnn(C5CC5)c4)C3)nc2nc1C. The summed E-state index contributed by atoms with van der Waals surface area (Å²) in [4.78, 5) is 18.5. The molecule has 1 aliphatic heterocycles. The van der Waals surface area contributed by atoms with Crippen molar-refractivity contribution in [1.82, 2.24) is 29.7 Å². The van der Waals surface area contributed by atoms with Crippen LogP contribution in [0.5, 0.6) is 5.88 Å². The molecule has 3 aromatic heterocycles. The molecular formula is C25H24F2N6O2. The van der Waals surface area contributed by atoms with Gasteiger partial charge in [-0.3, -0.25) is 4.68 Å². The van der Waals surface area contributed by atoms with Gasteiger partial charge in [-0.25, -0.2) is 28.7 Å². The zero-order valence-electron chi connectivity index (χ0n) is 19.4. The Morgan fingerprint density at radius 2 is 1.94 bits per heavy atom. The number of ether oxygens (including phenoxy) is 2. The Morgan fingerprint density at radius 3 is 2.71 bits per heavy atom. The third-order valence-electron chi connectivity index (χ3n) is 6.62. The van der Waals surface area contributed by atoms with Gasteiger partial charge in [-0.1, -0.05) is 0 Å². The smallest absolute Gasteiger partial charge is 0.235 e. The third-order valence-corrected chi connectivity index (χ3v) is 6.62. The summed E-state index contributed by atoms with van der Waals surface area (Å²) in [6.45, 7) is 2.31. The zero-order valence-corrected chi connectivity index (χ0v) is 19.4. The van der Waals surface area contributed by atoms with Gasteiger partial charge < -0.3 is 9.47 Å². The van der Waals surface area contributed by atoms with Crippen molar-refractivity contribution in [1.29, 1.82) is 0 Å². The number of fused-ring (bicyclic) bond motifs is 1. The minimum atomic E-state index is -0.727. The molecule has 2 fully saturated rings. The van der Waals surface area contributed by atoms with E-state index in [0.717, 1.165) is 24.5 Å². The number of nitrogens with zero attached hydrogens (tertiary/aromatic N) is 6. The average Bonchev–Trinajstić information content (AvgIpc) is 3.59. The zero-order chi connectivity index (χ0) is 24.1. The van der Waals surface area contributed by atoms with E-state index in [-0.39, 0.29) is 23.3 Å².